The van der Waals surface area contributed by atoms with Crippen LogP contribution in [0.4, 0.5) is 0 Å². The summed E-state index contributed by atoms with van der Waals surface area (Å²) in [6.45, 7) is 4.28. The summed E-state index contributed by atoms with van der Waals surface area (Å²) in [6, 6.07) is 4.13. The fourth-order valence-corrected chi connectivity index (χ4v) is 3.14. The van der Waals surface area contributed by atoms with Crippen LogP contribution in [0.2, 0.25) is 0 Å². The Labute approximate surface area is 112 Å². The van der Waals surface area contributed by atoms with Gasteiger partial charge in [-0.05, 0) is 38.1 Å². The highest BCUT2D eigenvalue weighted by Gasteiger charge is 2.42. The Hall–Kier alpha value is -1.16. The molecule has 0 radical (unpaired) electrons. The van der Waals surface area contributed by atoms with Crippen molar-refractivity contribution in [1.29, 1.82) is 0 Å². The van der Waals surface area contributed by atoms with Crippen LogP contribution in [-0.4, -0.2) is 28.7 Å². The molecule has 4 heteroatoms. The van der Waals surface area contributed by atoms with E-state index in [2.05, 4.69) is 11.4 Å². The minimum Gasteiger partial charge on any atom is -0.330 e. The fourth-order valence-electron chi connectivity index (χ4n) is 2.39. The van der Waals surface area contributed by atoms with E-state index >= 15 is 0 Å². The molecule has 3 nitrogen and oxygen atoms in total. The lowest BCUT2D eigenvalue weighted by atomic mass is 10.00. The molecule has 1 aromatic heterocycles. The van der Waals surface area contributed by atoms with Crippen molar-refractivity contribution >= 4 is 23.0 Å². The molecule has 1 fully saturated rings. The highest BCUT2D eigenvalue weighted by Crippen LogP contribution is 2.26. The standard InChI is InChI=1S/C14H19NO2S/c1-14(2)12(16)8-9-15(14)13(17)7-3-5-11-6-4-10-18-11/h4,6,10H,3,5,7-9H2,1-2H3. The van der Waals surface area contributed by atoms with Crippen LogP contribution in [0.5, 0.6) is 0 Å². The molecular weight excluding hydrogens is 246 g/mol. The maximum Gasteiger partial charge on any atom is 0.223 e. The van der Waals surface area contributed by atoms with Crippen LogP contribution in [-0.2, 0) is 16.0 Å². The number of nitrogens with zero attached hydrogens (tertiary/aromatic N) is 1. The SMILES string of the molecule is CC1(C)C(=O)CCN1C(=O)CCCc1cccs1. The van der Waals surface area contributed by atoms with Gasteiger partial charge in [-0.1, -0.05) is 6.07 Å². The van der Waals surface area contributed by atoms with Gasteiger partial charge in [-0.15, -0.1) is 11.3 Å². The summed E-state index contributed by atoms with van der Waals surface area (Å²) in [5.41, 5.74) is -0.597. The van der Waals surface area contributed by atoms with Gasteiger partial charge in [0.05, 0.1) is 5.54 Å². The number of aryl methyl sites for hydroxylation is 1. The van der Waals surface area contributed by atoms with Gasteiger partial charge in [0.1, 0.15) is 0 Å². The zero-order valence-corrected chi connectivity index (χ0v) is 11.8. The number of likely N-dealkylation sites (tertiary alicyclic amines) is 1. The van der Waals surface area contributed by atoms with Gasteiger partial charge in [0.2, 0.25) is 5.91 Å². The third kappa shape index (κ3) is 2.64. The highest BCUT2D eigenvalue weighted by molar-refractivity contribution is 7.09. The minimum absolute atomic E-state index is 0.113. The number of Topliss-reactive ketones (excluding diaryl/α,β-unsaturated/α-hetero) is 1. The van der Waals surface area contributed by atoms with Crippen molar-refractivity contribution in [3.63, 3.8) is 0 Å². The van der Waals surface area contributed by atoms with Crippen molar-refractivity contribution in [3.8, 4) is 0 Å². The highest BCUT2D eigenvalue weighted by atomic mass is 32.1. The third-order valence-electron chi connectivity index (χ3n) is 3.61. The summed E-state index contributed by atoms with van der Waals surface area (Å²) < 4.78 is 0. The molecule has 1 aliphatic heterocycles. The molecule has 0 unspecified atom stereocenters. The van der Waals surface area contributed by atoms with Crippen molar-refractivity contribution in [2.24, 2.45) is 0 Å². The Morgan fingerprint density at radius 2 is 2.28 bits per heavy atom. The van der Waals surface area contributed by atoms with E-state index < -0.39 is 5.54 Å². The quantitative estimate of drug-likeness (QED) is 0.839. The molecular formula is C14H19NO2S. The monoisotopic (exact) mass is 265 g/mol. The first kappa shape index (κ1) is 13.3. The van der Waals surface area contributed by atoms with Crippen molar-refractivity contribution in [2.45, 2.75) is 45.1 Å². The average molecular weight is 265 g/mol. The summed E-state index contributed by atoms with van der Waals surface area (Å²) in [4.78, 5) is 26.8. The molecule has 0 spiro atoms. The van der Waals surface area contributed by atoms with E-state index in [0.717, 1.165) is 12.8 Å². The lowest BCUT2D eigenvalue weighted by molar-refractivity contribution is -0.138. The number of hydrogen-bond donors (Lipinski definition) is 0. The van der Waals surface area contributed by atoms with Crippen LogP contribution >= 0.6 is 11.3 Å². The minimum atomic E-state index is -0.597. The maximum absolute atomic E-state index is 12.1. The van der Waals surface area contributed by atoms with E-state index in [1.165, 1.54) is 4.88 Å². The lowest BCUT2D eigenvalue weighted by Gasteiger charge is -2.30. The Morgan fingerprint density at radius 3 is 2.83 bits per heavy atom. The second kappa shape index (κ2) is 5.22. The molecule has 0 N–H and O–H groups in total. The van der Waals surface area contributed by atoms with E-state index in [4.69, 9.17) is 0 Å². The van der Waals surface area contributed by atoms with Crippen LogP contribution in [0.3, 0.4) is 0 Å². The molecule has 18 heavy (non-hydrogen) atoms. The molecule has 0 aromatic carbocycles. The predicted molar refractivity (Wildman–Crippen MR) is 72.7 cm³/mol. The molecule has 98 valence electrons. The Bertz CT molecular complexity index is 437. The van der Waals surface area contributed by atoms with Gasteiger partial charge in [0.25, 0.3) is 0 Å². The Morgan fingerprint density at radius 1 is 1.50 bits per heavy atom. The number of carbonyl (C=O) groups is 2. The molecule has 0 bridgehead atoms. The van der Waals surface area contributed by atoms with Gasteiger partial charge in [0, 0.05) is 24.3 Å². The smallest absolute Gasteiger partial charge is 0.223 e. The van der Waals surface area contributed by atoms with Crippen LogP contribution < -0.4 is 0 Å². The van der Waals surface area contributed by atoms with Gasteiger partial charge in [-0.2, -0.15) is 0 Å². The van der Waals surface area contributed by atoms with Gasteiger partial charge >= 0.3 is 0 Å². The molecule has 1 aromatic rings. The van der Waals surface area contributed by atoms with E-state index in [9.17, 15) is 9.59 Å². The number of ketones is 1. The Kier molecular flexibility index (Phi) is 3.85. The molecule has 0 saturated carbocycles. The Balaban J connectivity index is 1.83. The van der Waals surface area contributed by atoms with Crippen molar-refractivity contribution in [2.75, 3.05) is 6.54 Å². The summed E-state index contributed by atoms with van der Waals surface area (Å²) in [7, 11) is 0. The van der Waals surface area contributed by atoms with Crippen LogP contribution in [0.25, 0.3) is 0 Å². The molecule has 2 heterocycles. The van der Waals surface area contributed by atoms with Crippen LogP contribution in [0.1, 0.15) is 38.0 Å². The number of carbonyl (C=O) groups excluding carboxylic acids is 2. The molecule has 1 saturated heterocycles. The van der Waals surface area contributed by atoms with E-state index in [1.807, 2.05) is 19.9 Å². The second-order valence-electron chi connectivity index (χ2n) is 5.21. The second-order valence-corrected chi connectivity index (χ2v) is 6.24. The first-order valence-electron chi connectivity index (χ1n) is 6.38. The molecule has 0 aliphatic carbocycles. The van der Waals surface area contributed by atoms with Gasteiger partial charge in [-0.25, -0.2) is 0 Å². The predicted octanol–water partition coefficient (Wildman–Crippen LogP) is 2.65. The van der Waals surface area contributed by atoms with Gasteiger partial charge < -0.3 is 4.90 Å². The summed E-state index contributed by atoms with van der Waals surface area (Å²) in [6.07, 6.45) is 2.85. The number of rotatable bonds is 4. The normalized spacial score (nSPS) is 18.3. The first-order valence-corrected chi connectivity index (χ1v) is 7.26. The number of amides is 1. The fraction of sp³-hybridized carbons (Fsp3) is 0.571. The summed E-state index contributed by atoms with van der Waals surface area (Å²) >= 11 is 1.73. The lowest BCUT2D eigenvalue weighted by Crippen LogP contribution is -2.46. The van der Waals surface area contributed by atoms with E-state index in [-0.39, 0.29) is 11.7 Å². The van der Waals surface area contributed by atoms with Crippen molar-refractivity contribution in [1.82, 2.24) is 4.90 Å². The zero-order valence-electron chi connectivity index (χ0n) is 10.9. The maximum atomic E-state index is 12.1. The average Bonchev–Trinajstić information content (AvgIpc) is 2.89. The number of hydrogen-bond acceptors (Lipinski definition) is 3. The first-order chi connectivity index (χ1) is 8.51. The van der Waals surface area contributed by atoms with Crippen LogP contribution in [0.15, 0.2) is 17.5 Å². The largest absolute Gasteiger partial charge is 0.330 e. The van der Waals surface area contributed by atoms with Crippen LogP contribution in [0, 0.1) is 0 Å². The van der Waals surface area contributed by atoms with E-state index in [1.54, 1.807) is 16.2 Å². The molecule has 2 rings (SSSR count). The van der Waals surface area contributed by atoms with Crippen molar-refractivity contribution in [3.05, 3.63) is 22.4 Å². The van der Waals surface area contributed by atoms with Crippen molar-refractivity contribution < 1.29 is 9.59 Å². The summed E-state index contributed by atoms with van der Waals surface area (Å²) in [5.74, 6) is 0.288. The molecule has 0 atom stereocenters. The summed E-state index contributed by atoms with van der Waals surface area (Å²) in [5, 5.41) is 2.05. The molecule has 1 aliphatic rings. The van der Waals surface area contributed by atoms with Gasteiger partial charge in [-0.3, -0.25) is 9.59 Å². The van der Waals surface area contributed by atoms with Gasteiger partial charge in [0.15, 0.2) is 5.78 Å². The topological polar surface area (TPSA) is 37.4 Å². The third-order valence-corrected chi connectivity index (χ3v) is 4.55. The molecule has 1 amide bonds. The number of thiophene rings is 1. The van der Waals surface area contributed by atoms with E-state index in [0.29, 0.717) is 19.4 Å². The zero-order chi connectivity index (χ0) is 13.2.